The minimum absolute atomic E-state index is 0.0646. The number of fused-ring (bicyclic) bond motifs is 1. The van der Waals surface area contributed by atoms with E-state index in [-0.39, 0.29) is 5.78 Å². The summed E-state index contributed by atoms with van der Waals surface area (Å²) < 4.78 is 0. The fourth-order valence-corrected chi connectivity index (χ4v) is 3.70. The van der Waals surface area contributed by atoms with E-state index in [1.807, 2.05) is 85.1 Å². The number of nitrogens with one attached hydrogen (secondary N) is 2. The van der Waals surface area contributed by atoms with E-state index >= 15 is 0 Å². The molecule has 1 aromatic heterocycles. The van der Waals surface area contributed by atoms with Gasteiger partial charge in [-0.2, -0.15) is 0 Å². The van der Waals surface area contributed by atoms with Crippen LogP contribution in [0.3, 0.4) is 0 Å². The second-order valence-electron chi connectivity index (χ2n) is 6.79. The van der Waals surface area contributed by atoms with Crippen molar-refractivity contribution in [2.24, 2.45) is 0 Å². The van der Waals surface area contributed by atoms with Crippen LogP contribution in [0.4, 0.5) is 0 Å². The number of carbonyl (C=O) groups excluding carboxylic acids is 1. The van der Waals surface area contributed by atoms with Crippen molar-refractivity contribution in [2.75, 3.05) is 6.54 Å². The van der Waals surface area contributed by atoms with Gasteiger partial charge in [0, 0.05) is 34.2 Å². The highest BCUT2D eigenvalue weighted by molar-refractivity contribution is 6.30. The SMILES string of the molecule is O=C(c1c[nH]c2ccccc12)[C@@H](NCCc1cccc(Cl)c1)c1ccccc1. The van der Waals surface area contributed by atoms with Crippen LogP contribution in [0.15, 0.2) is 85.1 Å². The van der Waals surface area contributed by atoms with Crippen molar-refractivity contribution in [1.82, 2.24) is 10.3 Å². The molecule has 0 bridgehead atoms. The topological polar surface area (TPSA) is 44.9 Å². The molecule has 0 radical (unpaired) electrons. The second-order valence-corrected chi connectivity index (χ2v) is 7.23. The molecular weight excluding hydrogens is 368 g/mol. The molecule has 3 nitrogen and oxygen atoms in total. The number of hydrogen-bond acceptors (Lipinski definition) is 2. The molecule has 0 saturated carbocycles. The molecule has 0 aliphatic carbocycles. The van der Waals surface area contributed by atoms with Crippen LogP contribution >= 0.6 is 11.6 Å². The first kappa shape index (κ1) is 18.5. The molecule has 2 N–H and O–H groups in total. The molecule has 0 aliphatic rings. The number of carbonyl (C=O) groups is 1. The zero-order chi connectivity index (χ0) is 19.3. The van der Waals surface area contributed by atoms with E-state index in [4.69, 9.17) is 11.6 Å². The van der Waals surface area contributed by atoms with Gasteiger partial charge in [-0.1, -0.05) is 72.3 Å². The fraction of sp³-hybridized carbons (Fsp3) is 0.125. The lowest BCUT2D eigenvalue weighted by molar-refractivity contribution is 0.0945. The van der Waals surface area contributed by atoms with Gasteiger partial charge >= 0.3 is 0 Å². The third-order valence-corrected chi connectivity index (χ3v) is 5.14. The number of halogens is 1. The van der Waals surface area contributed by atoms with Crippen LogP contribution in [0.1, 0.15) is 27.5 Å². The first-order valence-electron chi connectivity index (χ1n) is 9.35. The zero-order valence-electron chi connectivity index (χ0n) is 15.4. The molecule has 0 spiro atoms. The van der Waals surface area contributed by atoms with E-state index in [1.54, 1.807) is 0 Å². The summed E-state index contributed by atoms with van der Waals surface area (Å²) in [5.74, 6) is 0.0646. The summed E-state index contributed by atoms with van der Waals surface area (Å²) in [6.45, 7) is 0.675. The smallest absolute Gasteiger partial charge is 0.186 e. The van der Waals surface area contributed by atoms with Crippen molar-refractivity contribution < 1.29 is 4.79 Å². The average Bonchev–Trinajstić information content (AvgIpc) is 3.16. The highest BCUT2D eigenvalue weighted by Gasteiger charge is 2.23. The first-order chi connectivity index (χ1) is 13.7. The van der Waals surface area contributed by atoms with Crippen LogP contribution in [-0.2, 0) is 6.42 Å². The van der Waals surface area contributed by atoms with E-state index < -0.39 is 6.04 Å². The Labute approximate surface area is 169 Å². The second kappa shape index (κ2) is 8.42. The van der Waals surface area contributed by atoms with Crippen LogP contribution in [0.2, 0.25) is 5.02 Å². The van der Waals surface area contributed by atoms with E-state index in [2.05, 4.69) is 10.3 Å². The van der Waals surface area contributed by atoms with Crippen LogP contribution in [0, 0.1) is 0 Å². The molecule has 0 unspecified atom stereocenters. The van der Waals surface area contributed by atoms with Crippen molar-refractivity contribution in [2.45, 2.75) is 12.5 Å². The van der Waals surface area contributed by atoms with Crippen LogP contribution < -0.4 is 5.32 Å². The van der Waals surface area contributed by atoms with E-state index in [0.717, 1.165) is 33.5 Å². The zero-order valence-corrected chi connectivity index (χ0v) is 16.1. The van der Waals surface area contributed by atoms with Gasteiger partial charge in [-0.15, -0.1) is 0 Å². The Bertz CT molecular complexity index is 1090. The lowest BCUT2D eigenvalue weighted by Gasteiger charge is -2.18. The normalized spacial score (nSPS) is 12.2. The Balaban J connectivity index is 1.58. The number of ketones is 1. The first-order valence-corrected chi connectivity index (χ1v) is 9.73. The van der Waals surface area contributed by atoms with Crippen molar-refractivity contribution in [3.8, 4) is 0 Å². The molecule has 0 amide bonds. The number of rotatable bonds is 7. The molecule has 3 aromatic carbocycles. The van der Waals surface area contributed by atoms with Gasteiger partial charge in [0.25, 0.3) is 0 Å². The molecule has 1 heterocycles. The van der Waals surface area contributed by atoms with Crippen LogP contribution in [-0.4, -0.2) is 17.3 Å². The van der Waals surface area contributed by atoms with Gasteiger partial charge in [-0.3, -0.25) is 4.79 Å². The lowest BCUT2D eigenvalue weighted by Crippen LogP contribution is -2.30. The highest BCUT2D eigenvalue weighted by Crippen LogP contribution is 2.24. The van der Waals surface area contributed by atoms with Crippen LogP contribution in [0.5, 0.6) is 0 Å². The number of H-pyrrole nitrogens is 1. The van der Waals surface area contributed by atoms with Crippen molar-refractivity contribution in [3.05, 3.63) is 107 Å². The molecule has 4 rings (SSSR count). The summed E-state index contributed by atoms with van der Waals surface area (Å²) >= 11 is 6.08. The third-order valence-electron chi connectivity index (χ3n) is 4.90. The third kappa shape index (κ3) is 4.01. The van der Waals surface area contributed by atoms with Gasteiger partial charge in [0.15, 0.2) is 5.78 Å². The van der Waals surface area contributed by atoms with E-state index in [0.29, 0.717) is 12.1 Å². The average molecular weight is 389 g/mol. The molecule has 140 valence electrons. The maximum Gasteiger partial charge on any atom is 0.186 e. The molecule has 28 heavy (non-hydrogen) atoms. The number of aromatic nitrogens is 1. The molecule has 4 aromatic rings. The number of hydrogen-bond donors (Lipinski definition) is 2. The largest absolute Gasteiger partial charge is 0.360 e. The maximum atomic E-state index is 13.4. The number of Topliss-reactive ketones (excluding diaryl/α,β-unsaturated/α-hetero) is 1. The quantitative estimate of drug-likeness (QED) is 0.406. The predicted molar refractivity (Wildman–Crippen MR) is 115 cm³/mol. The monoisotopic (exact) mass is 388 g/mol. The standard InChI is InChI=1S/C24H21ClN2O/c25-19-10-6-7-17(15-19)13-14-26-23(18-8-2-1-3-9-18)24(28)21-16-27-22-12-5-4-11-20(21)22/h1-12,15-16,23,26-27H,13-14H2/t23-/m0/s1. The summed E-state index contributed by atoms with van der Waals surface area (Å²) in [5, 5.41) is 5.13. The highest BCUT2D eigenvalue weighted by atomic mass is 35.5. The summed E-state index contributed by atoms with van der Waals surface area (Å²) in [6.07, 6.45) is 2.60. The summed E-state index contributed by atoms with van der Waals surface area (Å²) in [4.78, 5) is 16.6. The lowest BCUT2D eigenvalue weighted by atomic mass is 9.96. The Morgan fingerprint density at radius 1 is 0.964 bits per heavy atom. The van der Waals surface area contributed by atoms with E-state index in [9.17, 15) is 4.79 Å². The van der Waals surface area contributed by atoms with Gasteiger partial charge in [-0.25, -0.2) is 0 Å². The van der Waals surface area contributed by atoms with Gasteiger partial charge in [0.1, 0.15) is 0 Å². The molecular formula is C24H21ClN2O. The van der Waals surface area contributed by atoms with E-state index in [1.165, 1.54) is 0 Å². The minimum atomic E-state index is -0.403. The molecule has 0 aliphatic heterocycles. The Morgan fingerprint density at radius 3 is 2.57 bits per heavy atom. The van der Waals surface area contributed by atoms with Gasteiger partial charge in [0.05, 0.1) is 6.04 Å². The summed E-state index contributed by atoms with van der Waals surface area (Å²) in [7, 11) is 0. The summed E-state index contributed by atoms with van der Waals surface area (Å²) in [5.41, 5.74) is 3.78. The fourth-order valence-electron chi connectivity index (χ4n) is 3.49. The molecule has 4 heteroatoms. The van der Waals surface area contributed by atoms with Gasteiger partial charge < -0.3 is 10.3 Å². The Morgan fingerprint density at radius 2 is 1.75 bits per heavy atom. The van der Waals surface area contributed by atoms with Crippen molar-refractivity contribution in [1.29, 1.82) is 0 Å². The number of para-hydroxylation sites is 1. The summed E-state index contributed by atoms with van der Waals surface area (Å²) in [6, 6.07) is 25.2. The number of benzene rings is 3. The Hall–Kier alpha value is -2.88. The predicted octanol–water partition coefficient (Wildman–Crippen LogP) is 5.58. The van der Waals surface area contributed by atoms with Gasteiger partial charge in [0.2, 0.25) is 0 Å². The van der Waals surface area contributed by atoms with Crippen molar-refractivity contribution >= 4 is 28.3 Å². The van der Waals surface area contributed by atoms with Crippen molar-refractivity contribution in [3.63, 3.8) is 0 Å². The molecule has 1 atom stereocenters. The molecule has 0 fully saturated rings. The van der Waals surface area contributed by atoms with Crippen LogP contribution in [0.25, 0.3) is 10.9 Å². The molecule has 0 saturated heterocycles. The van der Waals surface area contributed by atoms with Gasteiger partial charge in [-0.05, 0) is 35.7 Å². The minimum Gasteiger partial charge on any atom is -0.360 e. The Kier molecular flexibility index (Phi) is 5.56. The number of aromatic amines is 1. The maximum absolute atomic E-state index is 13.4.